The third kappa shape index (κ3) is 7.01. The average molecular weight is 744 g/mol. The summed E-state index contributed by atoms with van der Waals surface area (Å²) in [6.45, 7) is 0.526. The van der Waals surface area contributed by atoms with E-state index in [1.807, 2.05) is 31.2 Å². The number of hydrogen-bond donors (Lipinski definition) is 1. The van der Waals surface area contributed by atoms with Crippen LogP contribution in [0.15, 0.2) is 66.9 Å². The van der Waals surface area contributed by atoms with E-state index in [2.05, 4.69) is 20.1 Å². The molecule has 0 unspecified atom stereocenters. The van der Waals surface area contributed by atoms with Crippen LogP contribution in [0.2, 0.25) is 10.0 Å². The van der Waals surface area contributed by atoms with Crippen LogP contribution in [0.5, 0.6) is 11.6 Å². The zero-order valence-electron chi connectivity index (χ0n) is 26.7. The molecule has 7 rings (SSSR count). The number of carboxylic acids is 1. The highest BCUT2D eigenvalue weighted by Crippen LogP contribution is 2.41. The minimum absolute atomic E-state index is 0.0714. The van der Waals surface area contributed by atoms with E-state index in [1.54, 1.807) is 24.3 Å². The van der Waals surface area contributed by atoms with Crippen LogP contribution in [-0.2, 0) is 30.8 Å². The number of rotatable bonds is 12. The Morgan fingerprint density at radius 2 is 1.90 bits per heavy atom. The van der Waals surface area contributed by atoms with Crippen molar-refractivity contribution in [1.82, 2.24) is 18.7 Å². The lowest BCUT2D eigenvalue weighted by Gasteiger charge is -2.26. The van der Waals surface area contributed by atoms with Gasteiger partial charge in [-0.3, -0.25) is 4.68 Å². The van der Waals surface area contributed by atoms with Gasteiger partial charge in [-0.1, -0.05) is 60.7 Å². The Bertz CT molecular complexity index is 2210. The minimum Gasteiger partial charge on any atom is -0.487 e. The SMILES string of the molecule is Cc1c(Cl)c2cc(Cl)ccc2n1-c1cc(CC2CCC2)c2c(O[C@H](Cc3ccccc3OCc3ccnn3CC(F)(F)F)C(=O)O)nsc2c1. The summed E-state index contributed by atoms with van der Waals surface area (Å²) in [7, 11) is 0. The Morgan fingerprint density at radius 1 is 1.10 bits per heavy atom. The van der Waals surface area contributed by atoms with Gasteiger partial charge in [0.1, 0.15) is 18.9 Å². The summed E-state index contributed by atoms with van der Waals surface area (Å²) in [5.41, 5.74) is 4.46. The second-order valence-corrected chi connectivity index (χ2v) is 14.1. The topological polar surface area (TPSA) is 91.4 Å². The first-order valence-corrected chi connectivity index (χ1v) is 17.5. The van der Waals surface area contributed by atoms with E-state index in [0.717, 1.165) is 61.9 Å². The lowest BCUT2D eigenvalue weighted by molar-refractivity contribution is -0.145. The van der Waals surface area contributed by atoms with Crippen LogP contribution in [0.1, 0.15) is 41.8 Å². The molecule has 0 spiro atoms. The molecular formula is C36H31Cl2F3N4O4S. The predicted octanol–water partition coefficient (Wildman–Crippen LogP) is 9.61. The van der Waals surface area contributed by atoms with Crippen LogP contribution in [0, 0.1) is 12.8 Å². The molecular weight excluding hydrogens is 712 g/mol. The molecule has 3 aromatic carbocycles. The van der Waals surface area contributed by atoms with Crippen LogP contribution in [0.3, 0.4) is 0 Å². The van der Waals surface area contributed by atoms with Crippen molar-refractivity contribution in [2.75, 3.05) is 0 Å². The number of carbonyl (C=O) groups is 1. The molecule has 0 aliphatic heterocycles. The van der Waals surface area contributed by atoms with E-state index in [4.69, 9.17) is 32.7 Å². The van der Waals surface area contributed by atoms with Gasteiger partial charge in [0, 0.05) is 34.4 Å². The monoisotopic (exact) mass is 742 g/mol. The molecule has 3 heterocycles. The van der Waals surface area contributed by atoms with E-state index < -0.39 is 24.8 Å². The van der Waals surface area contributed by atoms with Crippen molar-refractivity contribution in [3.05, 3.63) is 99.4 Å². The summed E-state index contributed by atoms with van der Waals surface area (Å²) in [5.74, 6) is -0.122. The van der Waals surface area contributed by atoms with Crippen molar-refractivity contribution in [1.29, 1.82) is 0 Å². The molecule has 8 nitrogen and oxygen atoms in total. The zero-order chi connectivity index (χ0) is 35.2. The summed E-state index contributed by atoms with van der Waals surface area (Å²) in [6.07, 6.45) is -0.379. The number of alkyl halides is 3. The second kappa shape index (κ2) is 13.8. The van der Waals surface area contributed by atoms with Gasteiger partial charge in [0.25, 0.3) is 0 Å². The number of ether oxygens (including phenoxy) is 2. The lowest BCUT2D eigenvalue weighted by atomic mass is 9.80. The molecule has 1 aliphatic carbocycles. The van der Waals surface area contributed by atoms with Crippen LogP contribution in [0.25, 0.3) is 26.7 Å². The van der Waals surface area contributed by atoms with Crippen molar-refractivity contribution in [2.24, 2.45) is 5.92 Å². The first-order chi connectivity index (χ1) is 23.9. The largest absolute Gasteiger partial charge is 0.487 e. The third-order valence-electron chi connectivity index (χ3n) is 9.11. The third-order valence-corrected chi connectivity index (χ3v) is 10.6. The predicted molar refractivity (Wildman–Crippen MR) is 187 cm³/mol. The number of carboxylic acid groups (broad SMARTS) is 1. The molecule has 0 amide bonds. The van der Waals surface area contributed by atoms with E-state index >= 15 is 0 Å². The molecule has 1 N–H and O–H groups in total. The highest BCUT2D eigenvalue weighted by Gasteiger charge is 2.30. The average Bonchev–Trinajstić information content (AvgIpc) is 3.73. The summed E-state index contributed by atoms with van der Waals surface area (Å²) in [6, 6.07) is 18.0. The molecule has 6 aromatic rings. The molecule has 50 heavy (non-hydrogen) atoms. The first-order valence-electron chi connectivity index (χ1n) is 16.0. The lowest BCUT2D eigenvalue weighted by Crippen LogP contribution is -2.30. The summed E-state index contributed by atoms with van der Waals surface area (Å²) in [4.78, 5) is 12.6. The van der Waals surface area contributed by atoms with E-state index in [0.29, 0.717) is 27.3 Å². The van der Waals surface area contributed by atoms with Crippen molar-refractivity contribution in [3.8, 4) is 17.3 Å². The Balaban J connectivity index is 1.19. The molecule has 1 saturated carbocycles. The maximum atomic E-state index is 13.0. The molecule has 14 heteroatoms. The van der Waals surface area contributed by atoms with Crippen molar-refractivity contribution >= 4 is 61.7 Å². The van der Waals surface area contributed by atoms with Crippen molar-refractivity contribution in [2.45, 2.75) is 64.5 Å². The fourth-order valence-electron chi connectivity index (χ4n) is 6.45. The summed E-state index contributed by atoms with van der Waals surface area (Å²) in [5, 5.41) is 16.9. The maximum absolute atomic E-state index is 13.0. The number of aliphatic carboxylic acids is 1. The fourth-order valence-corrected chi connectivity index (χ4v) is 7.65. The van der Waals surface area contributed by atoms with Gasteiger partial charge >= 0.3 is 12.1 Å². The molecule has 1 atom stereocenters. The van der Waals surface area contributed by atoms with Gasteiger partial charge in [-0.15, -0.1) is 0 Å². The smallest absolute Gasteiger partial charge is 0.408 e. The van der Waals surface area contributed by atoms with Gasteiger partial charge in [-0.05, 0) is 84.4 Å². The summed E-state index contributed by atoms with van der Waals surface area (Å²) >= 11 is 14.3. The van der Waals surface area contributed by atoms with E-state index in [9.17, 15) is 23.1 Å². The van der Waals surface area contributed by atoms with Crippen molar-refractivity contribution in [3.63, 3.8) is 0 Å². The fraction of sp³-hybridized carbons (Fsp3) is 0.306. The number of aromatic nitrogens is 4. The second-order valence-electron chi connectivity index (χ2n) is 12.5. The molecule has 0 radical (unpaired) electrons. The van der Waals surface area contributed by atoms with E-state index in [1.165, 1.54) is 30.2 Å². The number of para-hydroxylation sites is 1. The van der Waals surface area contributed by atoms with Gasteiger partial charge < -0.3 is 19.1 Å². The number of fused-ring (bicyclic) bond motifs is 2. The normalized spacial score (nSPS) is 14.3. The zero-order valence-corrected chi connectivity index (χ0v) is 29.0. The van der Waals surface area contributed by atoms with Gasteiger partial charge in [0.05, 0.1) is 26.3 Å². The highest BCUT2D eigenvalue weighted by molar-refractivity contribution is 7.13. The molecule has 3 aromatic heterocycles. The Morgan fingerprint density at radius 3 is 2.64 bits per heavy atom. The minimum atomic E-state index is -4.44. The first kappa shape index (κ1) is 34.2. The number of hydrogen-bond acceptors (Lipinski definition) is 6. The Hall–Kier alpha value is -4.26. The molecule has 260 valence electrons. The standard InChI is InChI=1S/C36H31Cl2F3N4O4S/c1-20-33(38)27-16-24(37)9-10-28(27)45(20)26-14-23(13-21-5-4-6-21)32-31(17-26)50-43-34(32)49-30(35(46)47)15-22-7-2-3-8-29(22)48-18-25-11-12-42-44(25)19-36(39,40)41/h2-3,7-12,14,16-17,21,30H,4-6,13,15,18-19H2,1H3,(H,46,47)/t30-/m1/s1. The quantitative estimate of drug-likeness (QED) is 0.134. The summed E-state index contributed by atoms with van der Waals surface area (Å²) < 4.78 is 59.5. The highest BCUT2D eigenvalue weighted by atomic mass is 35.5. The molecule has 0 bridgehead atoms. The number of nitrogens with zero attached hydrogens (tertiary/aromatic N) is 4. The number of halogens is 5. The van der Waals surface area contributed by atoms with E-state index in [-0.39, 0.29) is 24.6 Å². The molecule has 1 fully saturated rings. The molecule has 0 saturated heterocycles. The van der Waals surface area contributed by atoms with Crippen LogP contribution in [0.4, 0.5) is 13.2 Å². The Kier molecular flexibility index (Phi) is 9.44. The van der Waals surface area contributed by atoms with Gasteiger partial charge in [-0.2, -0.15) is 22.6 Å². The number of benzene rings is 3. The molecule has 1 aliphatic rings. The van der Waals surface area contributed by atoms with Crippen molar-refractivity contribution < 1.29 is 32.5 Å². The Labute approximate surface area is 299 Å². The van der Waals surface area contributed by atoms with Gasteiger partial charge in [-0.25, -0.2) is 4.79 Å². The van der Waals surface area contributed by atoms with Crippen LogP contribution >= 0.6 is 34.7 Å². The van der Waals surface area contributed by atoms with Crippen LogP contribution in [-0.4, -0.2) is 42.1 Å². The maximum Gasteiger partial charge on any atom is 0.408 e. The van der Waals surface area contributed by atoms with Crippen LogP contribution < -0.4 is 9.47 Å². The van der Waals surface area contributed by atoms with Gasteiger partial charge in [0.2, 0.25) is 12.0 Å². The van der Waals surface area contributed by atoms with Gasteiger partial charge in [0.15, 0.2) is 0 Å².